The average molecular weight is 294 g/mol. The molecule has 0 bridgehead atoms. The first-order chi connectivity index (χ1) is 10.3. The van der Waals surface area contributed by atoms with Gasteiger partial charge in [-0.1, -0.05) is 6.07 Å². The molecule has 1 aromatic carbocycles. The van der Waals surface area contributed by atoms with Gasteiger partial charge < -0.3 is 24.8 Å². The zero-order valence-corrected chi connectivity index (χ0v) is 12.3. The van der Waals surface area contributed by atoms with Gasteiger partial charge in [0.15, 0.2) is 11.5 Å². The Morgan fingerprint density at radius 3 is 2.90 bits per heavy atom. The van der Waals surface area contributed by atoms with Gasteiger partial charge in [-0.15, -0.1) is 0 Å². The molecule has 116 valence electrons. The molecule has 0 aromatic heterocycles. The topological polar surface area (TPSA) is 68.8 Å². The summed E-state index contributed by atoms with van der Waals surface area (Å²) in [6.07, 6.45) is 0.893. The Morgan fingerprint density at radius 2 is 2.10 bits per heavy atom. The van der Waals surface area contributed by atoms with Crippen LogP contribution in [-0.2, 0) is 16.1 Å². The second-order valence-electron chi connectivity index (χ2n) is 4.78. The van der Waals surface area contributed by atoms with E-state index in [0.717, 1.165) is 23.5 Å². The van der Waals surface area contributed by atoms with Gasteiger partial charge in [0, 0.05) is 26.6 Å². The molecule has 1 aliphatic heterocycles. The molecule has 21 heavy (non-hydrogen) atoms. The molecule has 2 N–H and O–H groups in total. The smallest absolute Gasteiger partial charge is 0.234 e. The number of ether oxygens (including phenoxy) is 3. The number of hydrogen-bond acceptors (Lipinski definition) is 5. The first-order valence-corrected chi connectivity index (χ1v) is 7.14. The van der Waals surface area contributed by atoms with Crippen molar-refractivity contribution in [2.24, 2.45) is 0 Å². The molecule has 0 radical (unpaired) electrons. The van der Waals surface area contributed by atoms with Crippen molar-refractivity contribution in [3.05, 3.63) is 23.8 Å². The zero-order valence-electron chi connectivity index (χ0n) is 12.3. The molecule has 0 atom stereocenters. The lowest BCUT2D eigenvalue weighted by Crippen LogP contribution is -2.35. The van der Waals surface area contributed by atoms with Gasteiger partial charge in [-0.05, 0) is 17.7 Å². The maximum absolute atomic E-state index is 11.5. The fourth-order valence-corrected chi connectivity index (χ4v) is 1.99. The van der Waals surface area contributed by atoms with Gasteiger partial charge in [0.1, 0.15) is 0 Å². The van der Waals surface area contributed by atoms with E-state index in [1.165, 1.54) is 0 Å². The number of nitrogens with one attached hydrogen (secondary N) is 2. The van der Waals surface area contributed by atoms with E-state index in [-0.39, 0.29) is 12.5 Å². The highest BCUT2D eigenvalue weighted by Gasteiger charge is 2.10. The monoisotopic (exact) mass is 294 g/mol. The van der Waals surface area contributed by atoms with Crippen molar-refractivity contribution in [3.63, 3.8) is 0 Å². The second kappa shape index (κ2) is 8.49. The number of amides is 1. The van der Waals surface area contributed by atoms with Crippen LogP contribution in [0, 0.1) is 0 Å². The standard InChI is InChI=1S/C15H22N2O4/c1-19-8-5-17-15(18)11-16-10-12-3-4-13-14(9-12)21-7-2-6-20-13/h3-4,9,16H,2,5-8,10-11H2,1H3,(H,17,18). The van der Waals surface area contributed by atoms with Gasteiger partial charge in [0.2, 0.25) is 5.91 Å². The first kappa shape index (κ1) is 15.6. The van der Waals surface area contributed by atoms with E-state index in [0.29, 0.717) is 32.9 Å². The molecule has 6 heteroatoms. The number of carbonyl (C=O) groups excluding carboxylic acids is 1. The molecule has 1 aliphatic rings. The second-order valence-corrected chi connectivity index (χ2v) is 4.78. The van der Waals surface area contributed by atoms with Gasteiger partial charge >= 0.3 is 0 Å². The Morgan fingerprint density at radius 1 is 1.29 bits per heavy atom. The maximum atomic E-state index is 11.5. The number of rotatable bonds is 7. The molecule has 2 rings (SSSR count). The highest BCUT2D eigenvalue weighted by molar-refractivity contribution is 5.77. The van der Waals surface area contributed by atoms with E-state index >= 15 is 0 Å². The van der Waals surface area contributed by atoms with Crippen molar-refractivity contribution in [3.8, 4) is 11.5 Å². The van der Waals surface area contributed by atoms with Crippen molar-refractivity contribution >= 4 is 5.91 Å². The van der Waals surface area contributed by atoms with Crippen LogP contribution in [0.25, 0.3) is 0 Å². The van der Waals surface area contributed by atoms with Crippen molar-refractivity contribution in [2.45, 2.75) is 13.0 Å². The highest BCUT2D eigenvalue weighted by atomic mass is 16.5. The van der Waals surface area contributed by atoms with E-state index in [9.17, 15) is 4.79 Å². The van der Waals surface area contributed by atoms with Gasteiger partial charge in [-0.25, -0.2) is 0 Å². The van der Waals surface area contributed by atoms with Crippen LogP contribution in [-0.4, -0.2) is 45.9 Å². The summed E-state index contributed by atoms with van der Waals surface area (Å²) in [5.74, 6) is 1.52. The third-order valence-electron chi connectivity index (χ3n) is 3.05. The Balaban J connectivity index is 1.76. The molecule has 0 saturated carbocycles. The lowest BCUT2D eigenvalue weighted by Gasteiger charge is -2.10. The number of hydrogen-bond donors (Lipinski definition) is 2. The molecule has 1 amide bonds. The fraction of sp³-hybridized carbons (Fsp3) is 0.533. The average Bonchev–Trinajstić information content (AvgIpc) is 2.72. The Kier molecular flexibility index (Phi) is 6.30. The molecule has 0 spiro atoms. The minimum Gasteiger partial charge on any atom is -0.490 e. The lowest BCUT2D eigenvalue weighted by molar-refractivity contribution is -0.120. The molecular weight excluding hydrogens is 272 g/mol. The Labute approximate surface area is 124 Å². The molecule has 6 nitrogen and oxygen atoms in total. The zero-order chi connectivity index (χ0) is 14.9. The van der Waals surface area contributed by atoms with Crippen LogP contribution in [0.1, 0.15) is 12.0 Å². The summed E-state index contributed by atoms with van der Waals surface area (Å²) in [7, 11) is 1.61. The van der Waals surface area contributed by atoms with E-state index in [4.69, 9.17) is 14.2 Å². The quantitative estimate of drug-likeness (QED) is 0.725. The predicted molar refractivity (Wildman–Crippen MR) is 78.6 cm³/mol. The molecule has 0 saturated heterocycles. The summed E-state index contributed by atoms with van der Waals surface area (Å²) in [6.45, 7) is 3.29. The van der Waals surface area contributed by atoms with E-state index in [2.05, 4.69) is 10.6 Å². The van der Waals surface area contributed by atoms with Crippen LogP contribution < -0.4 is 20.1 Å². The van der Waals surface area contributed by atoms with E-state index in [1.807, 2.05) is 18.2 Å². The summed E-state index contributed by atoms with van der Waals surface area (Å²) in [4.78, 5) is 11.5. The number of carbonyl (C=O) groups is 1. The van der Waals surface area contributed by atoms with Gasteiger partial charge in [0.05, 0.1) is 26.4 Å². The summed E-state index contributed by atoms with van der Waals surface area (Å²) in [6, 6.07) is 5.84. The SMILES string of the molecule is COCCNC(=O)CNCc1ccc2c(c1)OCCCO2. The number of benzene rings is 1. The summed E-state index contributed by atoms with van der Waals surface area (Å²) < 4.78 is 16.1. The number of methoxy groups -OCH3 is 1. The maximum Gasteiger partial charge on any atom is 0.234 e. The minimum atomic E-state index is -0.0404. The molecule has 0 fully saturated rings. The van der Waals surface area contributed by atoms with Crippen LogP contribution in [0.2, 0.25) is 0 Å². The molecular formula is C15H22N2O4. The predicted octanol–water partition coefficient (Wildman–Crippen LogP) is 0.700. The molecule has 1 aromatic rings. The normalized spacial score (nSPS) is 13.6. The van der Waals surface area contributed by atoms with E-state index in [1.54, 1.807) is 7.11 Å². The Hall–Kier alpha value is -1.79. The molecule has 1 heterocycles. The molecule has 0 unspecified atom stereocenters. The lowest BCUT2D eigenvalue weighted by atomic mass is 10.2. The number of fused-ring (bicyclic) bond motifs is 1. The van der Waals surface area contributed by atoms with Gasteiger partial charge in [-0.2, -0.15) is 0 Å². The fourth-order valence-electron chi connectivity index (χ4n) is 1.99. The third kappa shape index (κ3) is 5.24. The first-order valence-electron chi connectivity index (χ1n) is 7.14. The van der Waals surface area contributed by atoms with E-state index < -0.39 is 0 Å². The van der Waals surface area contributed by atoms with Gasteiger partial charge in [-0.3, -0.25) is 4.79 Å². The minimum absolute atomic E-state index is 0.0404. The van der Waals surface area contributed by atoms with Crippen LogP contribution in [0.5, 0.6) is 11.5 Å². The Bertz CT molecular complexity index is 465. The van der Waals surface area contributed by atoms with Crippen LogP contribution >= 0.6 is 0 Å². The van der Waals surface area contributed by atoms with Crippen molar-refractivity contribution in [2.75, 3.05) is 40.0 Å². The summed E-state index contributed by atoms with van der Waals surface area (Å²) in [5, 5.41) is 5.86. The highest BCUT2D eigenvalue weighted by Crippen LogP contribution is 2.30. The van der Waals surface area contributed by atoms with Crippen molar-refractivity contribution < 1.29 is 19.0 Å². The van der Waals surface area contributed by atoms with Crippen LogP contribution in [0.15, 0.2) is 18.2 Å². The van der Waals surface area contributed by atoms with Crippen molar-refractivity contribution in [1.82, 2.24) is 10.6 Å². The summed E-state index contributed by atoms with van der Waals surface area (Å²) >= 11 is 0. The molecule has 0 aliphatic carbocycles. The largest absolute Gasteiger partial charge is 0.490 e. The summed E-state index contributed by atoms with van der Waals surface area (Å²) in [5.41, 5.74) is 1.06. The van der Waals surface area contributed by atoms with Crippen LogP contribution in [0.3, 0.4) is 0 Å². The van der Waals surface area contributed by atoms with Crippen LogP contribution in [0.4, 0.5) is 0 Å². The van der Waals surface area contributed by atoms with Crippen molar-refractivity contribution in [1.29, 1.82) is 0 Å². The van der Waals surface area contributed by atoms with Gasteiger partial charge in [0.25, 0.3) is 0 Å². The third-order valence-corrected chi connectivity index (χ3v) is 3.05.